The Hall–Kier alpha value is -3.02. The summed E-state index contributed by atoms with van der Waals surface area (Å²) in [7, 11) is 0. The minimum Gasteiger partial charge on any atom is -0.490 e. The Morgan fingerprint density at radius 3 is 2.50 bits per heavy atom. The monoisotopic (exact) mass is 383 g/mol. The van der Waals surface area contributed by atoms with Gasteiger partial charge in [-0.05, 0) is 48.7 Å². The van der Waals surface area contributed by atoms with Gasteiger partial charge in [-0.1, -0.05) is 24.3 Å². The number of aryl methyl sites for hydroxylation is 1. The van der Waals surface area contributed by atoms with E-state index >= 15 is 0 Å². The van der Waals surface area contributed by atoms with Gasteiger partial charge in [0.2, 0.25) is 5.91 Å². The molecule has 0 aromatic heterocycles. The highest BCUT2D eigenvalue weighted by Gasteiger charge is 2.33. The molecule has 0 spiro atoms. The van der Waals surface area contributed by atoms with Gasteiger partial charge in [-0.3, -0.25) is 9.59 Å². The predicted molar refractivity (Wildman–Crippen MR) is 105 cm³/mol. The van der Waals surface area contributed by atoms with E-state index in [1.807, 2.05) is 43.3 Å². The molecule has 1 aliphatic heterocycles. The molecule has 1 amide bonds. The van der Waals surface area contributed by atoms with E-state index in [0.29, 0.717) is 19.8 Å². The molecule has 28 heavy (non-hydrogen) atoms. The van der Waals surface area contributed by atoms with Crippen LogP contribution in [0.4, 0.5) is 0 Å². The van der Waals surface area contributed by atoms with Gasteiger partial charge in [0.25, 0.3) is 0 Å². The number of ether oxygens (including phenoxy) is 2. The van der Waals surface area contributed by atoms with E-state index in [-0.39, 0.29) is 18.9 Å². The molecule has 1 fully saturated rings. The van der Waals surface area contributed by atoms with Crippen molar-refractivity contribution in [2.24, 2.45) is 5.92 Å². The summed E-state index contributed by atoms with van der Waals surface area (Å²) in [6, 6.07) is 13.5. The Morgan fingerprint density at radius 1 is 1.11 bits per heavy atom. The molecule has 1 heterocycles. The fourth-order valence-corrected chi connectivity index (χ4v) is 3.19. The molecule has 1 N–H and O–H groups in total. The molecule has 0 radical (unpaired) electrons. The maximum absolute atomic E-state index is 11.9. The Bertz CT molecular complexity index is 847. The van der Waals surface area contributed by atoms with Crippen LogP contribution in [-0.2, 0) is 16.1 Å². The first kappa shape index (κ1) is 19.7. The van der Waals surface area contributed by atoms with E-state index in [4.69, 9.17) is 14.6 Å². The number of carboxylic acid groups (broad SMARTS) is 1. The summed E-state index contributed by atoms with van der Waals surface area (Å²) in [6.07, 6.45) is 0.0803. The standard InChI is InChI=1S/C22H25NO5/c1-15-4-3-5-20(16(15)2)28-11-10-27-19-8-6-17(7-9-19)13-23-14-18(22(25)26)12-21(23)24/h3-9,18H,10-14H2,1-2H3,(H,25,26). The van der Waals surface area contributed by atoms with Crippen LogP contribution in [0.3, 0.4) is 0 Å². The average molecular weight is 383 g/mol. The fraction of sp³-hybridized carbons (Fsp3) is 0.364. The minimum atomic E-state index is -0.914. The number of carbonyl (C=O) groups excluding carboxylic acids is 1. The van der Waals surface area contributed by atoms with Crippen molar-refractivity contribution in [1.29, 1.82) is 0 Å². The molecular formula is C22H25NO5. The van der Waals surface area contributed by atoms with Gasteiger partial charge in [-0.2, -0.15) is 0 Å². The summed E-state index contributed by atoms with van der Waals surface area (Å²) in [5.74, 6) is -0.0375. The van der Waals surface area contributed by atoms with Crippen LogP contribution in [0.15, 0.2) is 42.5 Å². The summed E-state index contributed by atoms with van der Waals surface area (Å²) in [5.41, 5.74) is 3.27. The number of carbonyl (C=O) groups is 2. The van der Waals surface area contributed by atoms with E-state index in [2.05, 4.69) is 13.0 Å². The zero-order chi connectivity index (χ0) is 20.1. The lowest BCUT2D eigenvalue weighted by atomic mass is 10.1. The van der Waals surface area contributed by atoms with Crippen molar-refractivity contribution in [3.8, 4) is 11.5 Å². The van der Waals surface area contributed by atoms with Gasteiger partial charge in [0.1, 0.15) is 24.7 Å². The second-order valence-corrected chi connectivity index (χ2v) is 7.05. The normalized spacial score (nSPS) is 16.3. The smallest absolute Gasteiger partial charge is 0.308 e. The molecule has 3 rings (SSSR count). The molecule has 0 saturated carbocycles. The summed E-state index contributed by atoms with van der Waals surface area (Å²) in [5, 5.41) is 9.05. The zero-order valence-corrected chi connectivity index (χ0v) is 16.2. The van der Waals surface area contributed by atoms with Crippen LogP contribution in [0.1, 0.15) is 23.1 Å². The second-order valence-electron chi connectivity index (χ2n) is 7.05. The van der Waals surface area contributed by atoms with Gasteiger partial charge in [0.15, 0.2) is 0 Å². The van der Waals surface area contributed by atoms with Crippen molar-refractivity contribution < 1.29 is 24.2 Å². The number of likely N-dealkylation sites (tertiary alicyclic amines) is 1. The quantitative estimate of drug-likeness (QED) is 0.709. The first-order chi connectivity index (χ1) is 13.4. The molecule has 0 aliphatic carbocycles. The molecule has 6 heteroatoms. The van der Waals surface area contributed by atoms with Crippen LogP contribution in [0.5, 0.6) is 11.5 Å². The van der Waals surface area contributed by atoms with Crippen molar-refractivity contribution in [2.45, 2.75) is 26.8 Å². The van der Waals surface area contributed by atoms with Gasteiger partial charge in [0, 0.05) is 19.5 Å². The van der Waals surface area contributed by atoms with E-state index in [1.54, 1.807) is 4.90 Å². The van der Waals surface area contributed by atoms with Crippen LogP contribution in [0.25, 0.3) is 0 Å². The van der Waals surface area contributed by atoms with Gasteiger partial charge in [-0.25, -0.2) is 0 Å². The number of benzene rings is 2. The average Bonchev–Trinajstić information content (AvgIpc) is 3.04. The molecule has 148 valence electrons. The van der Waals surface area contributed by atoms with E-state index in [0.717, 1.165) is 22.6 Å². The van der Waals surface area contributed by atoms with E-state index in [1.165, 1.54) is 5.56 Å². The van der Waals surface area contributed by atoms with Gasteiger partial charge in [0.05, 0.1) is 5.92 Å². The van der Waals surface area contributed by atoms with Crippen LogP contribution in [0, 0.1) is 19.8 Å². The highest BCUT2D eigenvalue weighted by Crippen LogP contribution is 2.22. The molecule has 6 nitrogen and oxygen atoms in total. The third kappa shape index (κ3) is 4.82. The maximum Gasteiger partial charge on any atom is 0.308 e. The number of aliphatic carboxylic acids is 1. The highest BCUT2D eigenvalue weighted by molar-refractivity contribution is 5.86. The minimum absolute atomic E-state index is 0.0803. The largest absolute Gasteiger partial charge is 0.490 e. The molecule has 1 saturated heterocycles. The first-order valence-electron chi connectivity index (χ1n) is 9.35. The van der Waals surface area contributed by atoms with Crippen molar-refractivity contribution in [1.82, 2.24) is 4.90 Å². The number of hydrogen-bond donors (Lipinski definition) is 1. The fourth-order valence-electron chi connectivity index (χ4n) is 3.19. The molecule has 2 aromatic rings. The third-order valence-electron chi connectivity index (χ3n) is 5.03. The SMILES string of the molecule is Cc1cccc(OCCOc2ccc(CN3CC(C(=O)O)CC3=O)cc2)c1C. The molecule has 1 unspecified atom stereocenters. The lowest BCUT2D eigenvalue weighted by molar-refractivity contribution is -0.141. The number of nitrogens with zero attached hydrogens (tertiary/aromatic N) is 1. The maximum atomic E-state index is 11.9. The van der Waals surface area contributed by atoms with Crippen LogP contribution in [-0.4, -0.2) is 41.6 Å². The molecule has 2 aromatic carbocycles. The Labute approximate surface area is 164 Å². The topological polar surface area (TPSA) is 76.1 Å². The third-order valence-corrected chi connectivity index (χ3v) is 5.03. The Morgan fingerprint density at radius 2 is 1.82 bits per heavy atom. The molecule has 1 atom stereocenters. The van der Waals surface area contributed by atoms with E-state index in [9.17, 15) is 9.59 Å². The summed E-state index contributed by atoms with van der Waals surface area (Å²) >= 11 is 0. The van der Waals surface area contributed by atoms with Gasteiger partial charge >= 0.3 is 5.97 Å². The number of carboxylic acids is 1. The lowest BCUT2D eigenvalue weighted by Crippen LogP contribution is -2.25. The van der Waals surface area contributed by atoms with Crippen molar-refractivity contribution in [3.63, 3.8) is 0 Å². The van der Waals surface area contributed by atoms with Crippen LogP contribution >= 0.6 is 0 Å². The van der Waals surface area contributed by atoms with Crippen molar-refractivity contribution in [2.75, 3.05) is 19.8 Å². The zero-order valence-electron chi connectivity index (χ0n) is 16.2. The van der Waals surface area contributed by atoms with Crippen LogP contribution < -0.4 is 9.47 Å². The molecule has 0 bridgehead atoms. The van der Waals surface area contributed by atoms with Crippen molar-refractivity contribution >= 4 is 11.9 Å². The summed E-state index contributed by atoms with van der Waals surface area (Å²) < 4.78 is 11.5. The van der Waals surface area contributed by atoms with Gasteiger partial charge < -0.3 is 19.5 Å². The number of hydrogen-bond acceptors (Lipinski definition) is 4. The summed E-state index contributed by atoms with van der Waals surface area (Å²) in [4.78, 5) is 24.5. The van der Waals surface area contributed by atoms with Crippen molar-refractivity contribution in [3.05, 3.63) is 59.2 Å². The summed E-state index contributed by atoms with van der Waals surface area (Å²) in [6.45, 7) is 5.65. The second kappa shape index (κ2) is 8.78. The molecular weight excluding hydrogens is 358 g/mol. The Kier molecular flexibility index (Phi) is 6.19. The highest BCUT2D eigenvalue weighted by atomic mass is 16.5. The van der Waals surface area contributed by atoms with E-state index < -0.39 is 11.9 Å². The lowest BCUT2D eigenvalue weighted by Gasteiger charge is -2.16. The number of amides is 1. The predicted octanol–water partition coefficient (Wildman–Crippen LogP) is 3.19. The molecule has 1 aliphatic rings. The first-order valence-corrected chi connectivity index (χ1v) is 9.35. The van der Waals surface area contributed by atoms with Crippen LogP contribution in [0.2, 0.25) is 0 Å². The Balaban J connectivity index is 1.45. The van der Waals surface area contributed by atoms with Gasteiger partial charge in [-0.15, -0.1) is 0 Å². The number of rotatable bonds is 8.